The van der Waals surface area contributed by atoms with E-state index in [2.05, 4.69) is 25.1 Å². The van der Waals surface area contributed by atoms with Crippen molar-refractivity contribution in [3.63, 3.8) is 0 Å². The zero-order valence-electron chi connectivity index (χ0n) is 13.7. The molecule has 0 saturated carbocycles. The predicted octanol–water partition coefficient (Wildman–Crippen LogP) is 1.59. The van der Waals surface area contributed by atoms with Gasteiger partial charge in [-0.3, -0.25) is 4.79 Å². The Bertz CT molecular complexity index is 630. The Morgan fingerprint density at radius 1 is 1.43 bits per heavy atom. The van der Waals surface area contributed by atoms with Crippen LogP contribution < -0.4 is 10.2 Å². The third kappa shape index (κ3) is 3.97. The van der Waals surface area contributed by atoms with E-state index in [0.717, 1.165) is 54.5 Å². The summed E-state index contributed by atoms with van der Waals surface area (Å²) in [7, 11) is 4.02. The fourth-order valence-corrected chi connectivity index (χ4v) is 3.73. The van der Waals surface area contributed by atoms with Crippen molar-refractivity contribution in [1.29, 1.82) is 0 Å². The highest BCUT2D eigenvalue weighted by Crippen LogP contribution is 2.30. The highest BCUT2D eigenvalue weighted by molar-refractivity contribution is 7.21. The van der Waals surface area contributed by atoms with E-state index in [1.54, 1.807) is 17.5 Å². The largest absolute Gasteiger partial charge is 0.355 e. The average molecular weight is 333 g/mol. The smallest absolute Gasteiger partial charge is 0.223 e. The molecule has 2 aromatic heterocycles. The molecule has 7 heteroatoms. The maximum Gasteiger partial charge on any atom is 0.223 e. The maximum atomic E-state index is 12.2. The van der Waals surface area contributed by atoms with E-state index in [-0.39, 0.29) is 11.8 Å². The van der Waals surface area contributed by atoms with Crippen LogP contribution in [0.1, 0.15) is 12.8 Å². The lowest BCUT2D eigenvalue weighted by Gasteiger charge is -2.31. The highest BCUT2D eigenvalue weighted by atomic mass is 32.1. The van der Waals surface area contributed by atoms with Crippen molar-refractivity contribution in [2.75, 3.05) is 45.2 Å². The summed E-state index contributed by atoms with van der Waals surface area (Å²) in [6.45, 7) is 3.36. The Morgan fingerprint density at radius 2 is 2.22 bits per heavy atom. The van der Waals surface area contributed by atoms with Crippen molar-refractivity contribution in [2.24, 2.45) is 5.92 Å². The minimum absolute atomic E-state index is 0.126. The van der Waals surface area contributed by atoms with Crippen LogP contribution in [0.4, 0.5) is 5.13 Å². The summed E-state index contributed by atoms with van der Waals surface area (Å²) in [5.41, 5.74) is 0.955. The summed E-state index contributed by atoms with van der Waals surface area (Å²) < 4.78 is 0. The minimum Gasteiger partial charge on any atom is -0.355 e. The molecule has 1 amide bonds. The molecule has 6 nitrogen and oxygen atoms in total. The fourth-order valence-electron chi connectivity index (χ4n) is 2.77. The average Bonchev–Trinajstić information content (AvgIpc) is 2.98. The first kappa shape index (κ1) is 16.1. The Hall–Kier alpha value is -1.73. The number of likely N-dealkylation sites (N-methyl/N-ethyl adjacent to an activating group) is 1. The van der Waals surface area contributed by atoms with Crippen LogP contribution in [0.5, 0.6) is 0 Å². The standard InChI is InChI=1S/C16H23N5OS/c1-20(2)11-8-17-14(22)12-5-9-21(10-6-12)16-19-13-4-3-7-18-15(13)23-16/h3-4,7,12H,5-6,8-11H2,1-2H3,(H,17,22). The summed E-state index contributed by atoms with van der Waals surface area (Å²) in [4.78, 5) is 26.5. The SMILES string of the molecule is CN(C)CCNC(=O)C1CCN(c2nc3cccnc3s2)CC1. The summed E-state index contributed by atoms with van der Waals surface area (Å²) in [6.07, 6.45) is 3.57. The molecule has 0 radical (unpaired) electrons. The molecule has 1 aliphatic rings. The van der Waals surface area contributed by atoms with Gasteiger partial charge in [-0.1, -0.05) is 11.3 Å². The molecule has 0 spiro atoms. The van der Waals surface area contributed by atoms with Crippen molar-refractivity contribution in [3.8, 4) is 0 Å². The molecule has 1 fully saturated rings. The summed E-state index contributed by atoms with van der Waals surface area (Å²) in [6, 6.07) is 3.91. The van der Waals surface area contributed by atoms with Crippen LogP contribution in [0.3, 0.4) is 0 Å². The molecule has 3 heterocycles. The molecule has 0 bridgehead atoms. The molecule has 0 aromatic carbocycles. The number of nitrogens with one attached hydrogen (secondary N) is 1. The van der Waals surface area contributed by atoms with Gasteiger partial charge < -0.3 is 15.1 Å². The monoisotopic (exact) mass is 333 g/mol. The first-order chi connectivity index (χ1) is 11.1. The number of rotatable bonds is 5. The lowest BCUT2D eigenvalue weighted by atomic mass is 9.96. The van der Waals surface area contributed by atoms with E-state index < -0.39 is 0 Å². The number of anilines is 1. The zero-order valence-corrected chi connectivity index (χ0v) is 14.5. The van der Waals surface area contributed by atoms with Gasteiger partial charge in [0.25, 0.3) is 0 Å². The number of nitrogens with zero attached hydrogens (tertiary/aromatic N) is 4. The van der Waals surface area contributed by atoms with Crippen LogP contribution in [-0.4, -0.2) is 61.0 Å². The van der Waals surface area contributed by atoms with Crippen LogP contribution in [0.15, 0.2) is 18.3 Å². The predicted molar refractivity (Wildman–Crippen MR) is 93.9 cm³/mol. The van der Waals surface area contributed by atoms with E-state index >= 15 is 0 Å². The van der Waals surface area contributed by atoms with Crippen molar-refractivity contribution in [1.82, 2.24) is 20.2 Å². The van der Waals surface area contributed by atoms with Crippen molar-refractivity contribution >= 4 is 32.7 Å². The number of carbonyl (C=O) groups excluding carboxylic acids is 1. The molecule has 1 N–H and O–H groups in total. The van der Waals surface area contributed by atoms with Gasteiger partial charge in [-0.2, -0.15) is 0 Å². The molecule has 1 aliphatic heterocycles. The van der Waals surface area contributed by atoms with Crippen molar-refractivity contribution in [2.45, 2.75) is 12.8 Å². The van der Waals surface area contributed by atoms with Crippen LogP contribution in [-0.2, 0) is 4.79 Å². The molecular weight excluding hydrogens is 310 g/mol. The lowest BCUT2D eigenvalue weighted by Crippen LogP contribution is -2.42. The van der Waals surface area contributed by atoms with Crippen molar-refractivity contribution in [3.05, 3.63) is 18.3 Å². The highest BCUT2D eigenvalue weighted by Gasteiger charge is 2.26. The van der Waals surface area contributed by atoms with Gasteiger partial charge in [-0.05, 0) is 39.1 Å². The Morgan fingerprint density at radius 3 is 2.91 bits per heavy atom. The van der Waals surface area contributed by atoms with Gasteiger partial charge >= 0.3 is 0 Å². The number of carbonyl (C=O) groups is 1. The Balaban J connectivity index is 1.52. The Labute approximate surface area is 140 Å². The number of piperidine rings is 1. The third-order valence-electron chi connectivity index (χ3n) is 4.15. The summed E-state index contributed by atoms with van der Waals surface area (Å²) >= 11 is 1.63. The van der Waals surface area contributed by atoms with Crippen LogP contribution in [0.2, 0.25) is 0 Å². The van der Waals surface area contributed by atoms with Gasteiger partial charge in [-0.15, -0.1) is 0 Å². The van der Waals surface area contributed by atoms with E-state index in [0.29, 0.717) is 0 Å². The van der Waals surface area contributed by atoms with Crippen molar-refractivity contribution < 1.29 is 4.79 Å². The van der Waals surface area contributed by atoms with Crippen LogP contribution >= 0.6 is 11.3 Å². The second kappa shape index (κ2) is 7.23. The molecule has 1 saturated heterocycles. The fraction of sp³-hybridized carbons (Fsp3) is 0.562. The van der Waals surface area contributed by atoms with E-state index in [1.807, 2.05) is 26.2 Å². The topological polar surface area (TPSA) is 61.4 Å². The van der Waals surface area contributed by atoms with Gasteiger partial charge in [0.05, 0.1) is 0 Å². The summed E-state index contributed by atoms with van der Waals surface area (Å²) in [5, 5.41) is 4.06. The molecule has 0 aliphatic carbocycles. The second-order valence-corrected chi connectivity index (χ2v) is 7.14. The maximum absolute atomic E-state index is 12.2. The quantitative estimate of drug-likeness (QED) is 0.900. The molecule has 23 heavy (non-hydrogen) atoms. The number of hydrogen-bond donors (Lipinski definition) is 1. The van der Waals surface area contributed by atoms with Gasteiger partial charge in [0.15, 0.2) is 5.13 Å². The number of amides is 1. The minimum atomic E-state index is 0.126. The lowest BCUT2D eigenvalue weighted by molar-refractivity contribution is -0.125. The first-order valence-electron chi connectivity index (χ1n) is 8.02. The molecule has 124 valence electrons. The number of fused-ring (bicyclic) bond motifs is 1. The van der Waals surface area contributed by atoms with E-state index in [1.165, 1.54) is 0 Å². The second-order valence-electron chi connectivity index (χ2n) is 6.18. The third-order valence-corrected chi connectivity index (χ3v) is 5.19. The summed E-state index contributed by atoms with van der Waals surface area (Å²) in [5.74, 6) is 0.318. The van der Waals surface area contributed by atoms with E-state index in [9.17, 15) is 4.79 Å². The van der Waals surface area contributed by atoms with Crippen LogP contribution in [0, 0.1) is 5.92 Å². The van der Waals surface area contributed by atoms with E-state index in [4.69, 9.17) is 0 Å². The molecular formula is C16H23N5OS. The zero-order chi connectivity index (χ0) is 16.2. The van der Waals surface area contributed by atoms with Crippen LogP contribution in [0.25, 0.3) is 10.3 Å². The first-order valence-corrected chi connectivity index (χ1v) is 8.84. The Kier molecular flexibility index (Phi) is 5.07. The number of pyridine rings is 1. The number of thiazole rings is 1. The molecule has 3 rings (SSSR count). The van der Waals surface area contributed by atoms with Gasteiger partial charge in [-0.25, -0.2) is 9.97 Å². The van der Waals surface area contributed by atoms with Gasteiger partial charge in [0, 0.05) is 38.3 Å². The molecule has 2 aromatic rings. The van der Waals surface area contributed by atoms with Gasteiger partial charge in [0.1, 0.15) is 10.3 Å². The normalized spacial score (nSPS) is 16.2. The van der Waals surface area contributed by atoms with Gasteiger partial charge in [0.2, 0.25) is 5.91 Å². The number of hydrogen-bond acceptors (Lipinski definition) is 6. The molecule has 0 unspecified atom stereocenters. The number of aromatic nitrogens is 2. The molecule has 0 atom stereocenters.